The van der Waals surface area contributed by atoms with Gasteiger partial charge in [-0.25, -0.2) is 0 Å². The second-order valence-electron chi connectivity index (χ2n) is 2.17. The molecule has 0 spiro atoms. The number of hydrogen-bond donors (Lipinski definition) is 1. The standard InChI is InChI=1S/C8H11NO2/c1-7(9-4-5-10)8-3-2-6-11-8/h2-3,6,10H,4-5H2,1H3. The van der Waals surface area contributed by atoms with E-state index in [0.717, 1.165) is 11.5 Å². The van der Waals surface area contributed by atoms with Crippen molar-refractivity contribution in [2.45, 2.75) is 6.92 Å². The molecule has 0 atom stereocenters. The van der Waals surface area contributed by atoms with Gasteiger partial charge in [0.25, 0.3) is 0 Å². The first-order chi connectivity index (χ1) is 5.34. The summed E-state index contributed by atoms with van der Waals surface area (Å²) < 4.78 is 5.08. The minimum absolute atomic E-state index is 0.0814. The number of aliphatic hydroxyl groups is 1. The van der Waals surface area contributed by atoms with Crippen LogP contribution < -0.4 is 0 Å². The fraction of sp³-hybridized carbons (Fsp3) is 0.375. The minimum Gasteiger partial charge on any atom is -0.463 e. The fourth-order valence-corrected chi connectivity index (χ4v) is 0.780. The van der Waals surface area contributed by atoms with Gasteiger partial charge in [-0.05, 0) is 19.1 Å². The van der Waals surface area contributed by atoms with Crippen LogP contribution in [0.3, 0.4) is 0 Å². The van der Waals surface area contributed by atoms with Crippen molar-refractivity contribution >= 4 is 5.71 Å². The molecule has 0 fully saturated rings. The van der Waals surface area contributed by atoms with E-state index >= 15 is 0 Å². The maximum absolute atomic E-state index is 8.47. The first kappa shape index (κ1) is 8.01. The molecule has 0 amide bonds. The third kappa shape index (κ3) is 2.20. The molecular weight excluding hydrogens is 142 g/mol. The Kier molecular flexibility index (Phi) is 2.86. The lowest BCUT2D eigenvalue weighted by Gasteiger charge is -1.93. The average molecular weight is 153 g/mol. The third-order valence-corrected chi connectivity index (χ3v) is 1.33. The van der Waals surface area contributed by atoms with Gasteiger partial charge in [-0.1, -0.05) is 0 Å². The highest BCUT2D eigenvalue weighted by Crippen LogP contribution is 2.01. The number of aliphatic imine (C=N–C) groups is 1. The zero-order valence-corrected chi connectivity index (χ0v) is 6.45. The Labute approximate surface area is 65.4 Å². The van der Waals surface area contributed by atoms with Crippen LogP contribution in [-0.4, -0.2) is 24.0 Å². The summed E-state index contributed by atoms with van der Waals surface area (Å²) in [4.78, 5) is 4.06. The molecule has 0 aliphatic carbocycles. The second kappa shape index (κ2) is 3.93. The summed E-state index contributed by atoms with van der Waals surface area (Å²) in [6, 6.07) is 3.66. The van der Waals surface area contributed by atoms with Crippen LogP contribution >= 0.6 is 0 Å². The molecule has 0 saturated heterocycles. The first-order valence-corrected chi connectivity index (χ1v) is 3.50. The summed E-state index contributed by atoms with van der Waals surface area (Å²) >= 11 is 0. The maximum atomic E-state index is 8.47. The van der Waals surface area contributed by atoms with Gasteiger partial charge in [-0.2, -0.15) is 0 Å². The molecule has 0 aromatic carbocycles. The van der Waals surface area contributed by atoms with Crippen LogP contribution in [0.15, 0.2) is 27.8 Å². The van der Waals surface area contributed by atoms with Crippen molar-refractivity contribution in [3.63, 3.8) is 0 Å². The van der Waals surface area contributed by atoms with Crippen LogP contribution in [0.2, 0.25) is 0 Å². The van der Waals surface area contributed by atoms with E-state index in [-0.39, 0.29) is 6.61 Å². The molecular formula is C8H11NO2. The highest BCUT2D eigenvalue weighted by molar-refractivity contribution is 5.96. The van der Waals surface area contributed by atoms with Crippen molar-refractivity contribution < 1.29 is 9.52 Å². The molecule has 0 radical (unpaired) electrons. The van der Waals surface area contributed by atoms with Crippen molar-refractivity contribution in [2.24, 2.45) is 4.99 Å². The lowest BCUT2D eigenvalue weighted by Crippen LogP contribution is -1.96. The van der Waals surface area contributed by atoms with Crippen molar-refractivity contribution in [1.82, 2.24) is 0 Å². The van der Waals surface area contributed by atoms with Crippen LogP contribution in [0.1, 0.15) is 12.7 Å². The van der Waals surface area contributed by atoms with Gasteiger partial charge < -0.3 is 9.52 Å². The van der Waals surface area contributed by atoms with E-state index in [1.54, 1.807) is 6.26 Å². The highest BCUT2D eigenvalue weighted by Gasteiger charge is 1.97. The van der Waals surface area contributed by atoms with E-state index in [1.165, 1.54) is 0 Å². The Morgan fingerprint density at radius 2 is 2.55 bits per heavy atom. The molecule has 11 heavy (non-hydrogen) atoms. The van der Waals surface area contributed by atoms with Crippen molar-refractivity contribution in [3.05, 3.63) is 24.2 Å². The zero-order valence-electron chi connectivity index (χ0n) is 6.45. The normalized spacial score (nSPS) is 12.0. The van der Waals surface area contributed by atoms with Gasteiger partial charge in [-0.3, -0.25) is 4.99 Å². The van der Waals surface area contributed by atoms with Gasteiger partial charge in [0.2, 0.25) is 0 Å². The fourth-order valence-electron chi connectivity index (χ4n) is 0.780. The Balaban J connectivity index is 2.62. The minimum atomic E-state index is 0.0814. The largest absolute Gasteiger partial charge is 0.463 e. The molecule has 3 heteroatoms. The summed E-state index contributed by atoms with van der Waals surface area (Å²) in [6.07, 6.45) is 1.60. The number of rotatable bonds is 3. The van der Waals surface area contributed by atoms with Crippen molar-refractivity contribution in [1.29, 1.82) is 0 Å². The van der Waals surface area contributed by atoms with E-state index in [9.17, 15) is 0 Å². The van der Waals surface area contributed by atoms with E-state index in [0.29, 0.717) is 6.54 Å². The Morgan fingerprint density at radius 3 is 3.09 bits per heavy atom. The summed E-state index contributed by atoms with van der Waals surface area (Å²) in [5.74, 6) is 0.762. The van der Waals surface area contributed by atoms with Crippen molar-refractivity contribution in [2.75, 3.05) is 13.2 Å². The number of aliphatic hydroxyl groups excluding tert-OH is 1. The topological polar surface area (TPSA) is 45.7 Å². The van der Waals surface area contributed by atoms with Gasteiger partial charge in [0, 0.05) is 0 Å². The summed E-state index contributed by atoms with van der Waals surface area (Å²) in [5.41, 5.74) is 0.823. The van der Waals surface area contributed by atoms with Gasteiger partial charge in [0.1, 0.15) is 5.76 Å². The van der Waals surface area contributed by atoms with Gasteiger partial charge in [-0.15, -0.1) is 0 Å². The van der Waals surface area contributed by atoms with Gasteiger partial charge in [0.15, 0.2) is 0 Å². The molecule has 60 valence electrons. The highest BCUT2D eigenvalue weighted by atomic mass is 16.3. The quantitative estimate of drug-likeness (QED) is 0.660. The summed E-state index contributed by atoms with van der Waals surface area (Å²) in [5, 5.41) is 8.47. The molecule has 1 aromatic rings. The Morgan fingerprint density at radius 1 is 1.73 bits per heavy atom. The molecule has 3 nitrogen and oxygen atoms in total. The lowest BCUT2D eigenvalue weighted by atomic mass is 10.3. The molecule has 1 aromatic heterocycles. The van der Waals surface area contributed by atoms with Crippen LogP contribution in [-0.2, 0) is 0 Å². The molecule has 0 aliphatic rings. The van der Waals surface area contributed by atoms with Crippen LogP contribution in [0.4, 0.5) is 0 Å². The molecule has 0 unspecified atom stereocenters. The van der Waals surface area contributed by atoms with Gasteiger partial charge in [0.05, 0.1) is 25.1 Å². The molecule has 0 saturated carbocycles. The lowest BCUT2D eigenvalue weighted by molar-refractivity contribution is 0.307. The first-order valence-electron chi connectivity index (χ1n) is 3.50. The van der Waals surface area contributed by atoms with E-state index in [1.807, 2.05) is 19.1 Å². The third-order valence-electron chi connectivity index (χ3n) is 1.33. The predicted molar refractivity (Wildman–Crippen MR) is 42.9 cm³/mol. The number of hydrogen-bond acceptors (Lipinski definition) is 3. The molecule has 1 heterocycles. The van der Waals surface area contributed by atoms with Crippen molar-refractivity contribution in [3.8, 4) is 0 Å². The second-order valence-corrected chi connectivity index (χ2v) is 2.17. The summed E-state index contributed by atoms with van der Waals surface area (Å²) in [7, 11) is 0. The number of nitrogens with zero attached hydrogens (tertiary/aromatic N) is 1. The smallest absolute Gasteiger partial charge is 0.147 e. The van der Waals surface area contributed by atoms with Gasteiger partial charge >= 0.3 is 0 Å². The predicted octanol–water partition coefficient (Wildman–Crippen LogP) is 1.08. The molecule has 1 N–H and O–H groups in total. The average Bonchev–Trinajstić information content (AvgIpc) is 2.52. The Bertz CT molecular complexity index is 226. The maximum Gasteiger partial charge on any atom is 0.147 e. The van der Waals surface area contributed by atoms with E-state index < -0.39 is 0 Å². The van der Waals surface area contributed by atoms with E-state index in [4.69, 9.17) is 9.52 Å². The monoisotopic (exact) mass is 153 g/mol. The molecule has 1 rings (SSSR count). The SMILES string of the molecule is CC(=NCCO)c1ccco1. The Hall–Kier alpha value is -1.09. The van der Waals surface area contributed by atoms with Crippen LogP contribution in [0, 0.1) is 0 Å². The molecule has 0 bridgehead atoms. The summed E-state index contributed by atoms with van der Waals surface area (Å²) in [6.45, 7) is 2.37. The molecule has 0 aliphatic heterocycles. The number of furan rings is 1. The zero-order chi connectivity index (χ0) is 8.10. The van der Waals surface area contributed by atoms with Crippen LogP contribution in [0.25, 0.3) is 0 Å². The van der Waals surface area contributed by atoms with Crippen LogP contribution in [0.5, 0.6) is 0 Å². The van der Waals surface area contributed by atoms with E-state index in [2.05, 4.69) is 4.99 Å².